The molecule has 0 aliphatic carbocycles. The van der Waals surface area contributed by atoms with Crippen LogP contribution in [-0.2, 0) is 23.9 Å². The molecule has 2 aromatic carbocycles. The highest BCUT2D eigenvalue weighted by Crippen LogP contribution is 2.39. The van der Waals surface area contributed by atoms with E-state index in [1.807, 2.05) is 76.4 Å². The van der Waals surface area contributed by atoms with E-state index in [1.165, 1.54) is 4.90 Å². The van der Waals surface area contributed by atoms with E-state index in [1.54, 1.807) is 44.0 Å². The van der Waals surface area contributed by atoms with Crippen molar-refractivity contribution < 1.29 is 14.7 Å². The first-order valence-electron chi connectivity index (χ1n) is 12.5. The van der Waals surface area contributed by atoms with Crippen molar-refractivity contribution in [2.75, 3.05) is 21.1 Å². The number of imidazole rings is 1. The number of hydrogen-bond donors (Lipinski definition) is 1. The van der Waals surface area contributed by atoms with Crippen molar-refractivity contribution in [1.82, 2.24) is 14.0 Å². The number of amides is 1. The number of carbonyl (C=O) groups excluding carboxylic acids is 2. The van der Waals surface area contributed by atoms with Gasteiger partial charge in [0.1, 0.15) is 11.4 Å². The van der Waals surface area contributed by atoms with Crippen LogP contribution < -0.4 is 5.62 Å². The Kier molecular flexibility index (Phi) is 9.59. The number of carbonyl (C=O) groups is 2. The van der Waals surface area contributed by atoms with Crippen molar-refractivity contribution in [2.24, 2.45) is 4.99 Å². The lowest BCUT2D eigenvalue weighted by Gasteiger charge is -2.28. The molecule has 0 radical (unpaired) electrons. The Morgan fingerprint density at radius 2 is 1.47 bits per heavy atom. The van der Waals surface area contributed by atoms with Gasteiger partial charge in [0.15, 0.2) is 5.78 Å². The fourth-order valence-corrected chi connectivity index (χ4v) is 4.41. The van der Waals surface area contributed by atoms with Gasteiger partial charge in [-0.05, 0) is 28.5 Å². The molecule has 8 heteroatoms. The lowest BCUT2D eigenvalue weighted by Crippen LogP contribution is -2.31. The van der Waals surface area contributed by atoms with E-state index in [-0.39, 0.29) is 51.8 Å². The molecule has 1 aromatic heterocycles. The number of hydrogen-bond acceptors (Lipinski definition) is 4. The second-order valence-corrected chi connectivity index (χ2v) is 11.8. The topological polar surface area (TPSA) is 79.8 Å². The average Bonchev–Trinajstić information content (AvgIpc) is 3.14. The summed E-state index contributed by atoms with van der Waals surface area (Å²) in [6.07, 6.45) is 1.71. The molecule has 3 aromatic rings. The van der Waals surface area contributed by atoms with Crippen molar-refractivity contribution in [3.63, 3.8) is 0 Å². The first-order valence-corrected chi connectivity index (χ1v) is 12.5. The fourth-order valence-electron chi connectivity index (χ4n) is 4.41. The molecular formula is C30H41BrN4O3. The normalized spacial score (nSPS) is 12.3. The number of halogens is 1. The van der Waals surface area contributed by atoms with Gasteiger partial charge in [-0.1, -0.05) is 71.9 Å². The number of benzene rings is 2. The summed E-state index contributed by atoms with van der Waals surface area (Å²) in [5.74, 6) is -0.0466. The molecule has 1 amide bonds. The van der Waals surface area contributed by atoms with Gasteiger partial charge in [-0.25, -0.2) is 0 Å². The number of ketones is 1. The van der Waals surface area contributed by atoms with Gasteiger partial charge in [0, 0.05) is 44.0 Å². The van der Waals surface area contributed by atoms with Crippen molar-refractivity contribution >= 4 is 28.7 Å². The summed E-state index contributed by atoms with van der Waals surface area (Å²) in [5.41, 5.74) is 3.32. The molecule has 0 saturated carbocycles. The van der Waals surface area contributed by atoms with Gasteiger partial charge in [0.2, 0.25) is 5.62 Å². The lowest BCUT2D eigenvalue weighted by molar-refractivity contribution is 0.0816. The third-order valence-corrected chi connectivity index (χ3v) is 6.44. The van der Waals surface area contributed by atoms with E-state index in [9.17, 15) is 14.7 Å². The van der Waals surface area contributed by atoms with Gasteiger partial charge in [-0.15, -0.1) is 17.0 Å². The Morgan fingerprint density at radius 1 is 0.947 bits per heavy atom. The molecule has 0 fully saturated rings. The van der Waals surface area contributed by atoms with Crippen LogP contribution in [0.15, 0.2) is 53.7 Å². The molecule has 0 aliphatic heterocycles. The summed E-state index contributed by atoms with van der Waals surface area (Å²) in [6.45, 7) is 12.6. The number of rotatable bonds is 6. The molecule has 7 nitrogen and oxygen atoms in total. The molecule has 0 unspecified atom stereocenters. The zero-order valence-electron chi connectivity index (χ0n) is 24.0. The van der Waals surface area contributed by atoms with Crippen LogP contribution in [0, 0.1) is 0 Å². The number of aromatic hydroxyl groups is 1. The monoisotopic (exact) mass is 584 g/mol. The molecule has 1 N–H and O–H groups in total. The van der Waals surface area contributed by atoms with Gasteiger partial charge in [0.05, 0.1) is 13.1 Å². The smallest absolute Gasteiger partial charge is 0.271 e. The van der Waals surface area contributed by atoms with Gasteiger partial charge >= 0.3 is 0 Å². The molecule has 0 atom stereocenters. The molecule has 0 bridgehead atoms. The number of phenols is 1. The van der Waals surface area contributed by atoms with E-state index in [4.69, 9.17) is 0 Å². The van der Waals surface area contributed by atoms with Gasteiger partial charge in [-0.3, -0.25) is 14.6 Å². The van der Waals surface area contributed by atoms with Crippen LogP contribution in [0.25, 0.3) is 0 Å². The molecule has 0 spiro atoms. The predicted molar refractivity (Wildman–Crippen MR) is 158 cm³/mol. The Balaban J connectivity index is 0.00000507. The van der Waals surface area contributed by atoms with E-state index < -0.39 is 0 Å². The Hall–Kier alpha value is -3.13. The molecule has 38 heavy (non-hydrogen) atoms. The second kappa shape index (κ2) is 11.7. The van der Waals surface area contributed by atoms with Gasteiger partial charge in [-0.2, -0.15) is 0 Å². The number of Topliss-reactive ketones (excluding diaryl/α,β-unsaturated/α-hetero) is 1. The van der Waals surface area contributed by atoms with Crippen LogP contribution in [0.1, 0.15) is 79.1 Å². The maximum Gasteiger partial charge on any atom is 0.271 e. The first-order chi connectivity index (χ1) is 17.1. The maximum absolute atomic E-state index is 13.7. The van der Waals surface area contributed by atoms with Gasteiger partial charge in [0.25, 0.3) is 5.91 Å². The SMILES string of the molecule is Br.CN=c1n(CC(=O)c2cc(C(C)(C)C)c(O)c(C(C)(C)C)c2)cc(C(=O)N(C)C)n1Cc1ccccc1. The van der Waals surface area contributed by atoms with Crippen molar-refractivity contribution in [3.8, 4) is 5.75 Å². The molecular weight excluding hydrogens is 544 g/mol. The molecule has 0 aliphatic rings. The first kappa shape index (κ1) is 31.1. The van der Waals surface area contributed by atoms with Crippen molar-refractivity contribution in [2.45, 2.75) is 65.5 Å². The third-order valence-electron chi connectivity index (χ3n) is 6.44. The summed E-state index contributed by atoms with van der Waals surface area (Å²) in [7, 11) is 5.08. The molecule has 0 saturated heterocycles. The van der Waals surface area contributed by atoms with Crippen LogP contribution >= 0.6 is 17.0 Å². The minimum absolute atomic E-state index is 0. The van der Waals surface area contributed by atoms with Crippen molar-refractivity contribution in [3.05, 3.63) is 82.2 Å². The second-order valence-electron chi connectivity index (χ2n) is 11.8. The third kappa shape index (κ3) is 6.65. The predicted octanol–water partition coefficient (Wildman–Crippen LogP) is 5.33. The van der Waals surface area contributed by atoms with E-state index >= 15 is 0 Å². The number of aromatic nitrogens is 2. The lowest BCUT2D eigenvalue weighted by atomic mass is 9.78. The van der Waals surface area contributed by atoms with Crippen LogP contribution in [0.3, 0.4) is 0 Å². The van der Waals surface area contributed by atoms with Gasteiger partial charge < -0.3 is 19.1 Å². The van der Waals surface area contributed by atoms with E-state index in [0.717, 1.165) is 16.7 Å². The molecule has 3 rings (SSSR count). The van der Waals surface area contributed by atoms with Crippen LogP contribution in [-0.4, -0.2) is 52.0 Å². The Morgan fingerprint density at radius 3 is 1.92 bits per heavy atom. The largest absolute Gasteiger partial charge is 0.507 e. The summed E-state index contributed by atoms with van der Waals surface area (Å²) in [5, 5.41) is 11.1. The minimum Gasteiger partial charge on any atom is -0.507 e. The minimum atomic E-state index is -0.345. The van der Waals surface area contributed by atoms with Crippen LogP contribution in [0.5, 0.6) is 5.75 Å². The number of phenolic OH excluding ortho intramolecular Hbond substituents is 1. The van der Waals surface area contributed by atoms with Crippen LogP contribution in [0.2, 0.25) is 0 Å². The summed E-state index contributed by atoms with van der Waals surface area (Å²) >= 11 is 0. The summed E-state index contributed by atoms with van der Waals surface area (Å²) in [4.78, 5) is 32.8. The highest BCUT2D eigenvalue weighted by molar-refractivity contribution is 8.93. The zero-order valence-corrected chi connectivity index (χ0v) is 25.7. The highest BCUT2D eigenvalue weighted by Gasteiger charge is 2.28. The fraction of sp³-hybridized carbons (Fsp3) is 0.433. The standard InChI is InChI=1S/C30H40N4O3.BrH/c1-29(2,3)22-15-21(16-23(26(22)36)30(4,5)6)25(35)19-33-18-24(27(37)32(8)9)34(28(33)31-7)17-20-13-11-10-12-14-20;/h10-16,18,36H,17,19H2,1-9H3;1H. The highest BCUT2D eigenvalue weighted by atomic mass is 79.9. The Labute approximate surface area is 236 Å². The molecule has 206 valence electrons. The number of nitrogens with zero attached hydrogens (tertiary/aromatic N) is 4. The van der Waals surface area contributed by atoms with E-state index in [0.29, 0.717) is 23.4 Å². The summed E-state index contributed by atoms with van der Waals surface area (Å²) in [6, 6.07) is 13.4. The average molecular weight is 586 g/mol. The van der Waals surface area contributed by atoms with E-state index in [2.05, 4.69) is 4.99 Å². The molecule has 1 heterocycles. The quantitative estimate of drug-likeness (QED) is 0.397. The van der Waals surface area contributed by atoms with Crippen molar-refractivity contribution in [1.29, 1.82) is 0 Å². The summed E-state index contributed by atoms with van der Waals surface area (Å²) < 4.78 is 3.59. The maximum atomic E-state index is 13.7. The Bertz CT molecular complexity index is 1340. The van der Waals surface area contributed by atoms with Crippen LogP contribution in [0.4, 0.5) is 0 Å². The zero-order chi connectivity index (χ0) is 27.7.